The van der Waals surface area contributed by atoms with E-state index in [0.717, 1.165) is 0 Å². The monoisotopic (exact) mass is 236 g/mol. The maximum Gasteiger partial charge on any atom is 0.109 e. The quantitative estimate of drug-likeness (QED) is 0.380. The fourth-order valence-electron chi connectivity index (χ4n) is 1.86. The van der Waals surface area contributed by atoms with Crippen molar-refractivity contribution in [1.82, 2.24) is 0 Å². The van der Waals surface area contributed by atoms with Gasteiger partial charge in [0.05, 0.1) is 25.4 Å². The van der Waals surface area contributed by atoms with Crippen molar-refractivity contribution >= 4 is 0 Å². The van der Waals surface area contributed by atoms with Gasteiger partial charge in [0, 0.05) is 0 Å². The zero-order valence-corrected chi connectivity index (χ0v) is 9.23. The smallest absolute Gasteiger partial charge is 0.109 e. The summed E-state index contributed by atoms with van der Waals surface area (Å²) in [6.45, 7) is 1.23. The Hall–Kier alpha value is -0.240. The van der Waals surface area contributed by atoms with Crippen molar-refractivity contribution in [2.45, 2.75) is 43.9 Å². The molecule has 0 radical (unpaired) electrons. The summed E-state index contributed by atoms with van der Waals surface area (Å²) in [5, 5.41) is 46.3. The highest BCUT2D eigenvalue weighted by Crippen LogP contribution is 2.27. The van der Waals surface area contributed by atoms with Crippen LogP contribution in [-0.2, 0) is 4.74 Å². The predicted octanol–water partition coefficient (Wildman–Crippen LogP) is -2.15. The van der Waals surface area contributed by atoms with Crippen molar-refractivity contribution in [1.29, 1.82) is 0 Å². The average molecular weight is 236 g/mol. The highest BCUT2D eigenvalue weighted by atomic mass is 16.5. The molecular formula is C10H20O6. The molecule has 0 aliphatic heterocycles. The van der Waals surface area contributed by atoms with Crippen LogP contribution in [0, 0.1) is 5.92 Å². The molecule has 0 saturated heterocycles. The lowest BCUT2D eigenvalue weighted by Crippen LogP contribution is -2.54. The van der Waals surface area contributed by atoms with Crippen LogP contribution >= 0.6 is 0 Å². The molecule has 6 heteroatoms. The Labute approximate surface area is 94.1 Å². The van der Waals surface area contributed by atoms with Gasteiger partial charge in [-0.25, -0.2) is 0 Å². The number of aliphatic hydroxyl groups is 5. The minimum atomic E-state index is -1.24. The molecular weight excluding hydrogens is 216 g/mol. The molecule has 1 fully saturated rings. The van der Waals surface area contributed by atoms with E-state index in [-0.39, 0.29) is 12.5 Å². The van der Waals surface area contributed by atoms with Crippen LogP contribution in [0.5, 0.6) is 0 Å². The zero-order valence-electron chi connectivity index (χ0n) is 9.23. The average Bonchev–Trinajstić information content (AvgIpc) is 2.28. The molecule has 1 aliphatic carbocycles. The van der Waals surface area contributed by atoms with Crippen LogP contribution in [0.2, 0.25) is 0 Å². The van der Waals surface area contributed by atoms with Crippen LogP contribution in [-0.4, -0.2) is 69.3 Å². The normalized spacial score (nSPS) is 42.0. The van der Waals surface area contributed by atoms with Gasteiger partial charge >= 0.3 is 0 Å². The van der Waals surface area contributed by atoms with Crippen molar-refractivity contribution < 1.29 is 30.3 Å². The second-order valence-corrected chi connectivity index (χ2v) is 4.39. The highest BCUT2D eigenvalue weighted by Gasteiger charge is 2.41. The van der Waals surface area contributed by atoms with Crippen LogP contribution in [0.3, 0.4) is 0 Å². The summed E-state index contributed by atoms with van der Waals surface area (Å²) in [6.07, 6.45) is -4.59. The number of ether oxygens (including phenoxy) is 1. The van der Waals surface area contributed by atoms with E-state index in [1.807, 2.05) is 0 Å². The lowest BCUT2D eigenvalue weighted by molar-refractivity contribution is -0.177. The lowest BCUT2D eigenvalue weighted by atomic mass is 9.82. The van der Waals surface area contributed by atoms with Gasteiger partial charge in [0.2, 0.25) is 0 Å². The number of hydrogen-bond acceptors (Lipinski definition) is 6. The third-order valence-electron chi connectivity index (χ3n) is 2.98. The molecule has 0 heterocycles. The molecule has 0 aromatic heterocycles. The first-order valence-corrected chi connectivity index (χ1v) is 5.42. The summed E-state index contributed by atoms with van der Waals surface area (Å²) in [7, 11) is 0. The second kappa shape index (κ2) is 5.90. The zero-order chi connectivity index (χ0) is 12.3. The van der Waals surface area contributed by atoms with E-state index in [2.05, 4.69) is 0 Å². The Morgan fingerprint density at radius 2 is 1.81 bits per heavy atom. The molecule has 0 aromatic carbocycles. The van der Waals surface area contributed by atoms with E-state index >= 15 is 0 Å². The van der Waals surface area contributed by atoms with Crippen molar-refractivity contribution in [2.75, 3.05) is 13.2 Å². The molecule has 5 N–H and O–H groups in total. The van der Waals surface area contributed by atoms with E-state index < -0.39 is 37.1 Å². The summed E-state index contributed by atoms with van der Waals surface area (Å²) >= 11 is 0. The number of hydrogen-bond donors (Lipinski definition) is 5. The first kappa shape index (κ1) is 13.8. The van der Waals surface area contributed by atoms with Gasteiger partial charge < -0.3 is 30.3 Å². The number of rotatable bonds is 4. The van der Waals surface area contributed by atoms with Gasteiger partial charge in [-0.2, -0.15) is 0 Å². The van der Waals surface area contributed by atoms with Gasteiger partial charge in [-0.05, 0) is 12.3 Å². The molecule has 0 spiro atoms. The molecule has 6 nitrogen and oxygen atoms in total. The van der Waals surface area contributed by atoms with Crippen LogP contribution in [0.1, 0.15) is 13.3 Å². The summed E-state index contributed by atoms with van der Waals surface area (Å²) in [6, 6.07) is 0. The third-order valence-corrected chi connectivity index (χ3v) is 2.98. The summed E-state index contributed by atoms with van der Waals surface area (Å²) in [4.78, 5) is 0. The minimum Gasteiger partial charge on any atom is -0.394 e. The Morgan fingerprint density at radius 1 is 1.19 bits per heavy atom. The molecule has 1 saturated carbocycles. The van der Waals surface area contributed by atoms with E-state index in [1.54, 1.807) is 6.92 Å². The summed E-state index contributed by atoms with van der Waals surface area (Å²) in [5.41, 5.74) is 0. The predicted molar refractivity (Wildman–Crippen MR) is 54.6 cm³/mol. The maximum atomic E-state index is 9.63. The fraction of sp³-hybridized carbons (Fsp3) is 1.00. The Balaban J connectivity index is 2.47. The third kappa shape index (κ3) is 3.13. The van der Waals surface area contributed by atoms with Crippen molar-refractivity contribution in [2.24, 2.45) is 5.92 Å². The molecule has 6 atom stereocenters. The highest BCUT2D eigenvalue weighted by molar-refractivity contribution is 4.91. The van der Waals surface area contributed by atoms with E-state index in [0.29, 0.717) is 6.42 Å². The Morgan fingerprint density at radius 3 is 2.38 bits per heavy atom. The van der Waals surface area contributed by atoms with Gasteiger partial charge in [-0.15, -0.1) is 0 Å². The minimum absolute atomic E-state index is 0.103. The van der Waals surface area contributed by atoms with Crippen molar-refractivity contribution in [3.8, 4) is 0 Å². The fourth-order valence-corrected chi connectivity index (χ4v) is 1.86. The topological polar surface area (TPSA) is 110 Å². The van der Waals surface area contributed by atoms with Gasteiger partial charge in [0.1, 0.15) is 18.3 Å². The number of aliphatic hydroxyl groups excluding tert-OH is 5. The Kier molecular flexibility index (Phi) is 5.10. The SMILES string of the molecule is C[C@@H]1C[C@@H](OC[C@@H](O)CO)[C@@H](O)[C@H](O)[C@@H]1O. The molecule has 96 valence electrons. The lowest BCUT2D eigenvalue weighted by Gasteiger charge is -2.39. The van der Waals surface area contributed by atoms with Gasteiger partial charge in [-0.3, -0.25) is 0 Å². The maximum absolute atomic E-state index is 9.63. The van der Waals surface area contributed by atoms with Crippen LogP contribution < -0.4 is 0 Å². The van der Waals surface area contributed by atoms with Crippen LogP contribution in [0.25, 0.3) is 0 Å². The van der Waals surface area contributed by atoms with Gasteiger partial charge in [0.25, 0.3) is 0 Å². The standard InChI is InChI=1S/C10H20O6/c1-5-2-7(16-4-6(12)3-11)9(14)10(15)8(5)13/h5-15H,2-4H2,1H3/t5-,6+,7-,8-,9-,10-/m1/s1. The Bertz CT molecular complexity index is 211. The molecule has 0 unspecified atom stereocenters. The van der Waals surface area contributed by atoms with Gasteiger partial charge in [-0.1, -0.05) is 6.92 Å². The second-order valence-electron chi connectivity index (χ2n) is 4.39. The molecule has 0 amide bonds. The molecule has 0 aromatic rings. The van der Waals surface area contributed by atoms with Crippen LogP contribution in [0.4, 0.5) is 0 Å². The first-order chi connectivity index (χ1) is 7.47. The molecule has 16 heavy (non-hydrogen) atoms. The van der Waals surface area contributed by atoms with E-state index in [1.165, 1.54) is 0 Å². The molecule has 1 aliphatic rings. The first-order valence-electron chi connectivity index (χ1n) is 5.42. The van der Waals surface area contributed by atoms with E-state index in [9.17, 15) is 15.3 Å². The van der Waals surface area contributed by atoms with Crippen molar-refractivity contribution in [3.05, 3.63) is 0 Å². The van der Waals surface area contributed by atoms with Crippen molar-refractivity contribution in [3.63, 3.8) is 0 Å². The van der Waals surface area contributed by atoms with Gasteiger partial charge in [0.15, 0.2) is 0 Å². The largest absolute Gasteiger partial charge is 0.394 e. The van der Waals surface area contributed by atoms with E-state index in [4.69, 9.17) is 14.9 Å². The molecule has 1 rings (SSSR count). The van der Waals surface area contributed by atoms with Crippen LogP contribution in [0.15, 0.2) is 0 Å². The summed E-state index contributed by atoms with van der Waals surface area (Å²) < 4.78 is 5.21. The molecule has 0 bridgehead atoms. The summed E-state index contributed by atoms with van der Waals surface area (Å²) in [5.74, 6) is -0.185.